The van der Waals surface area contributed by atoms with Gasteiger partial charge in [-0.1, -0.05) is 13.8 Å². The van der Waals surface area contributed by atoms with E-state index < -0.39 is 134 Å². The smallest absolute Gasteiger partial charge is 0.331 e. The SMILES string of the molecule is CC(=O)OC1CC(OC2C(O)CC(OC3C(O)CC(OC4CC[C@@]5(C)C(CCC6C5CC(O)[C@]5(C)C(C7=CC(=O)OC7)CC[C@]65O)C4)OC3C)OC2C)OC(C)C1OC1OC(CO)C(O)C(O)C1O. The van der Waals surface area contributed by atoms with Crippen LogP contribution in [-0.2, 0) is 57.0 Å². The highest BCUT2D eigenvalue weighted by molar-refractivity contribution is 5.85. The van der Waals surface area contributed by atoms with Crippen molar-refractivity contribution < 1.29 is 97.8 Å². The Morgan fingerprint density at radius 3 is 1.93 bits per heavy atom. The molecule has 5 aliphatic heterocycles. The third kappa shape index (κ3) is 9.48. The van der Waals surface area contributed by atoms with Crippen LogP contribution in [0.3, 0.4) is 0 Å². The molecule has 20 nitrogen and oxygen atoms in total. The fourth-order valence-corrected chi connectivity index (χ4v) is 14.6. The second-order valence-electron chi connectivity index (χ2n) is 22.2. The van der Waals surface area contributed by atoms with Crippen molar-refractivity contribution in [2.75, 3.05) is 13.2 Å². The average Bonchev–Trinajstić information content (AvgIpc) is 3.84. The summed E-state index contributed by atoms with van der Waals surface area (Å²) in [4.78, 5) is 24.2. The molecule has 4 aliphatic carbocycles. The molecule has 0 bridgehead atoms. The van der Waals surface area contributed by atoms with E-state index in [1.165, 1.54) is 6.92 Å². The van der Waals surface area contributed by atoms with E-state index >= 15 is 0 Å². The van der Waals surface area contributed by atoms with E-state index in [4.69, 9.17) is 47.4 Å². The summed E-state index contributed by atoms with van der Waals surface area (Å²) in [5.41, 5.74) is -1.01. The number of esters is 2. The highest BCUT2D eigenvalue weighted by atomic mass is 16.8. The summed E-state index contributed by atoms with van der Waals surface area (Å²) < 4.78 is 60.1. The first-order chi connectivity index (χ1) is 32.6. The van der Waals surface area contributed by atoms with E-state index in [0.717, 1.165) is 37.7 Å². The second-order valence-corrected chi connectivity index (χ2v) is 22.2. The van der Waals surface area contributed by atoms with Crippen LogP contribution in [0.4, 0.5) is 0 Å². The highest BCUT2D eigenvalue weighted by Crippen LogP contribution is 2.70. The van der Waals surface area contributed by atoms with Crippen LogP contribution in [0.5, 0.6) is 0 Å². The standard InChI is InChI=1S/C49H76O20/c1-21-43(67-38-17-32(53)44(22(2)62-38)68-39-18-33(64-24(4)51)45(23(3)63-39)69-46-42(58)41(57)40(56)34(19-50)66-46)31(52)16-37(61-21)65-27-9-11-47(5)26(14-27)7-8-29-30(47)15-35(54)48(6)28(10-12-49(29,48)59)25-13-36(55)60-20-25/h13,21-23,26-35,37-46,50,52-54,56-59H,7-12,14-20H2,1-6H3/t21?,22?,23?,26?,27?,28?,29?,30?,31?,32?,33?,34?,35?,37?,38?,39?,40?,41?,42?,43?,44?,45?,46?,47-,48-,49-/m0/s1. The molecule has 4 saturated heterocycles. The van der Waals surface area contributed by atoms with Crippen molar-refractivity contribution in [1.82, 2.24) is 0 Å². The number of rotatable bonds is 11. The lowest BCUT2D eigenvalue weighted by molar-refractivity contribution is -0.355. The maximum Gasteiger partial charge on any atom is 0.331 e. The van der Waals surface area contributed by atoms with Gasteiger partial charge in [-0.25, -0.2) is 4.79 Å². The Morgan fingerprint density at radius 2 is 1.33 bits per heavy atom. The van der Waals surface area contributed by atoms with E-state index in [9.17, 15) is 50.4 Å². The maximum absolute atomic E-state index is 12.6. The third-order valence-corrected chi connectivity index (χ3v) is 18.4. The van der Waals surface area contributed by atoms with Crippen LogP contribution in [0.15, 0.2) is 11.6 Å². The summed E-state index contributed by atoms with van der Waals surface area (Å²) in [6.45, 7) is 10.3. The van der Waals surface area contributed by atoms with Crippen LogP contribution < -0.4 is 0 Å². The first kappa shape index (κ1) is 51.9. The molecule has 0 spiro atoms. The number of carbonyl (C=O) groups excluding carboxylic acids is 2. The maximum atomic E-state index is 12.6. The van der Waals surface area contributed by atoms with Gasteiger partial charge in [0.2, 0.25) is 0 Å². The highest BCUT2D eigenvalue weighted by Gasteiger charge is 2.71. The molecule has 26 atom stereocenters. The molecule has 23 unspecified atom stereocenters. The van der Waals surface area contributed by atoms with Gasteiger partial charge in [0, 0.05) is 37.7 Å². The zero-order valence-electron chi connectivity index (χ0n) is 40.5. The molecule has 5 heterocycles. The molecule has 0 amide bonds. The van der Waals surface area contributed by atoms with Gasteiger partial charge in [0.25, 0.3) is 0 Å². The molecule has 0 radical (unpaired) electrons. The lowest BCUT2D eigenvalue weighted by atomic mass is 9.42. The van der Waals surface area contributed by atoms with Crippen LogP contribution >= 0.6 is 0 Å². The van der Waals surface area contributed by atoms with Gasteiger partial charge in [-0.2, -0.15) is 0 Å². The van der Waals surface area contributed by atoms with E-state index in [2.05, 4.69) is 6.92 Å². The van der Waals surface area contributed by atoms with Crippen LogP contribution in [0.25, 0.3) is 0 Å². The summed E-state index contributed by atoms with van der Waals surface area (Å²) in [5, 5.41) is 88.1. The molecule has 9 rings (SSSR count). The number of fused-ring (bicyclic) bond motifs is 5. The van der Waals surface area contributed by atoms with Crippen molar-refractivity contribution in [2.45, 2.75) is 234 Å². The van der Waals surface area contributed by atoms with Gasteiger partial charge in [-0.05, 0) is 107 Å². The van der Waals surface area contributed by atoms with Crippen molar-refractivity contribution in [2.24, 2.45) is 34.5 Å². The zero-order valence-corrected chi connectivity index (χ0v) is 40.5. The average molecular weight is 985 g/mol. The Hall–Kier alpha value is -1.96. The van der Waals surface area contributed by atoms with Gasteiger partial charge < -0.3 is 88.2 Å². The van der Waals surface area contributed by atoms with Crippen molar-refractivity contribution in [3.05, 3.63) is 11.6 Å². The molecule has 20 heteroatoms. The minimum absolute atomic E-state index is 0.00421. The lowest BCUT2D eigenvalue weighted by Gasteiger charge is -2.65. The molecule has 392 valence electrons. The van der Waals surface area contributed by atoms with Crippen molar-refractivity contribution in [3.8, 4) is 0 Å². The summed E-state index contributed by atoms with van der Waals surface area (Å²) in [7, 11) is 0. The Morgan fingerprint density at radius 1 is 0.710 bits per heavy atom. The van der Waals surface area contributed by atoms with Gasteiger partial charge in [-0.3, -0.25) is 4.79 Å². The van der Waals surface area contributed by atoms with Gasteiger partial charge in [0.1, 0.15) is 55.4 Å². The molecular formula is C49H76O20. The quantitative estimate of drug-likeness (QED) is 0.104. The number of cyclic esters (lactones) is 1. The Bertz CT molecular complexity index is 1850. The van der Waals surface area contributed by atoms with Crippen molar-refractivity contribution in [3.63, 3.8) is 0 Å². The van der Waals surface area contributed by atoms with Crippen molar-refractivity contribution in [1.29, 1.82) is 0 Å². The largest absolute Gasteiger partial charge is 0.459 e. The molecule has 8 fully saturated rings. The fourth-order valence-electron chi connectivity index (χ4n) is 14.6. The van der Waals surface area contributed by atoms with Crippen LogP contribution in [0.1, 0.15) is 112 Å². The van der Waals surface area contributed by atoms with E-state index in [0.29, 0.717) is 25.2 Å². The Kier molecular flexibility index (Phi) is 15.1. The molecule has 0 aromatic rings. The predicted octanol–water partition coefficient (Wildman–Crippen LogP) is 0.613. The molecule has 4 saturated carbocycles. The fraction of sp³-hybridized carbons (Fsp3) is 0.918. The lowest BCUT2D eigenvalue weighted by Crippen LogP contribution is -2.67. The number of aliphatic hydroxyl groups excluding tert-OH is 7. The number of hydrogen-bond donors (Lipinski definition) is 8. The van der Waals surface area contributed by atoms with E-state index in [1.54, 1.807) is 26.8 Å². The Labute approximate surface area is 402 Å². The molecule has 69 heavy (non-hydrogen) atoms. The first-order valence-electron chi connectivity index (χ1n) is 25.3. The summed E-state index contributed by atoms with van der Waals surface area (Å²) >= 11 is 0. The minimum atomic E-state index is -1.69. The molecule has 8 N–H and O–H groups in total. The van der Waals surface area contributed by atoms with E-state index in [-0.39, 0.29) is 61.1 Å². The van der Waals surface area contributed by atoms with E-state index in [1.807, 2.05) is 6.92 Å². The van der Waals surface area contributed by atoms with Gasteiger partial charge in [0.15, 0.2) is 25.2 Å². The summed E-state index contributed by atoms with van der Waals surface area (Å²) in [6.07, 6.45) is -11.1. The van der Waals surface area contributed by atoms with Crippen LogP contribution in [-0.4, -0.2) is 188 Å². The molecule has 9 aliphatic rings. The monoisotopic (exact) mass is 984 g/mol. The topological polar surface area (TPSA) is 288 Å². The third-order valence-electron chi connectivity index (χ3n) is 18.4. The van der Waals surface area contributed by atoms with Gasteiger partial charge in [0.05, 0.1) is 54.9 Å². The summed E-state index contributed by atoms with van der Waals surface area (Å²) in [6, 6.07) is 0. The molecular weight excluding hydrogens is 909 g/mol. The number of carbonyl (C=O) groups is 2. The normalized spacial score (nSPS) is 53.3. The van der Waals surface area contributed by atoms with Crippen LogP contribution in [0, 0.1) is 34.5 Å². The Balaban J connectivity index is 0.752. The minimum Gasteiger partial charge on any atom is -0.459 e. The van der Waals surface area contributed by atoms with Crippen molar-refractivity contribution >= 4 is 11.9 Å². The predicted molar refractivity (Wildman–Crippen MR) is 235 cm³/mol. The first-order valence-corrected chi connectivity index (χ1v) is 25.3. The van der Waals surface area contributed by atoms with Crippen LogP contribution in [0.2, 0.25) is 0 Å². The summed E-state index contributed by atoms with van der Waals surface area (Å²) in [5.74, 6) is -0.580. The molecule has 0 aromatic heterocycles. The second kappa shape index (κ2) is 20.0. The molecule has 0 aromatic carbocycles. The zero-order chi connectivity index (χ0) is 49.5. The number of hydrogen-bond acceptors (Lipinski definition) is 20. The van der Waals surface area contributed by atoms with Gasteiger partial charge in [-0.15, -0.1) is 0 Å². The number of aliphatic hydroxyl groups is 8. The van der Waals surface area contributed by atoms with Gasteiger partial charge >= 0.3 is 11.9 Å². The number of ether oxygens (including phenoxy) is 10.